The fourth-order valence-corrected chi connectivity index (χ4v) is 0.525. The Morgan fingerprint density at radius 1 is 1.33 bits per heavy atom. The molecule has 12 heavy (non-hydrogen) atoms. The van der Waals surface area contributed by atoms with Gasteiger partial charge in [0.1, 0.15) is 17.7 Å². The third kappa shape index (κ3) is 3.92. The van der Waals surface area contributed by atoms with Crippen molar-refractivity contribution in [1.29, 1.82) is 10.5 Å². The summed E-state index contributed by atoms with van der Waals surface area (Å²) in [6, 6.07) is 3.45. The molecule has 0 spiro atoms. The number of hydrogen-bond donors (Lipinski definition) is 1. The van der Waals surface area contributed by atoms with E-state index in [2.05, 4.69) is 6.58 Å². The highest BCUT2D eigenvalue weighted by molar-refractivity contribution is 5.38. The summed E-state index contributed by atoms with van der Waals surface area (Å²) in [5.74, 6) is 0. The predicted molar refractivity (Wildman–Crippen MR) is 46.4 cm³/mol. The largest absolute Gasteiger partial charge is 0.402 e. The first-order valence-electron chi connectivity index (χ1n) is 3.32. The Kier molecular flexibility index (Phi) is 4.80. The van der Waals surface area contributed by atoms with Crippen molar-refractivity contribution in [3.8, 4) is 12.1 Å². The molecule has 0 aliphatic heterocycles. The number of rotatable bonds is 3. The van der Waals surface area contributed by atoms with Crippen LogP contribution in [0, 0.1) is 22.7 Å². The third-order valence-corrected chi connectivity index (χ3v) is 1.09. The highest BCUT2D eigenvalue weighted by Crippen LogP contribution is 1.96. The van der Waals surface area contributed by atoms with Gasteiger partial charge < -0.3 is 5.73 Å². The van der Waals surface area contributed by atoms with Gasteiger partial charge in [0.15, 0.2) is 0 Å². The molecule has 0 radical (unpaired) electrons. The minimum Gasteiger partial charge on any atom is -0.402 e. The van der Waals surface area contributed by atoms with Crippen molar-refractivity contribution >= 4 is 0 Å². The van der Waals surface area contributed by atoms with Crippen LogP contribution in [0.4, 0.5) is 0 Å². The summed E-state index contributed by atoms with van der Waals surface area (Å²) in [7, 11) is 0. The van der Waals surface area contributed by atoms with E-state index in [1.165, 1.54) is 12.2 Å². The zero-order valence-electron chi connectivity index (χ0n) is 6.62. The van der Waals surface area contributed by atoms with Crippen molar-refractivity contribution in [1.82, 2.24) is 0 Å². The van der Waals surface area contributed by atoms with E-state index in [0.29, 0.717) is 12.1 Å². The van der Waals surface area contributed by atoms with E-state index in [-0.39, 0.29) is 5.57 Å². The number of nitrogens with two attached hydrogens (primary N) is 1. The summed E-state index contributed by atoms with van der Waals surface area (Å²) >= 11 is 0. The van der Waals surface area contributed by atoms with Crippen molar-refractivity contribution in [2.45, 2.75) is 6.42 Å². The van der Waals surface area contributed by atoms with Crippen molar-refractivity contribution < 1.29 is 0 Å². The molecule has 0 aromatic rings. The van der Waals surface area contributed by atoms with Crippen LogP contribution < -0.4 is 5.73 Å². The molecule has 3 heteroatoms. The Bertz CT molecular complexity index is 281. The van der Waals surface area contributed by atoms with Crippen LogP contribution in [0.25, 0.3) is 0 Å². The standard InChI is InChI=1S/C9H9N3/c1-2-3-9(12)5-4-8(6-10)7-11/h2,4-5H,1,3,12H2. The summed E-state index contributed by atoms with van der Waals surface area (Å²) in [5, 5.41) is 16.7. The topological polar surface area (TPSA) is 73.6 Å². The first-order valence-corrected chi connectivity index (χ1v) is 3.32. The molecular formula is C9H9N3. The second kappa shape index (κ2) is 5.76. The number of hydrogen-bond acceptors (Lipinski definition) is 3. The molecule has 0 aromatic heterocycles. The van der Waals surface area contributed by atoms with E-state index in [0.717, 1.165) is 0 Å². The van der Waals surface area contributed by atoms with Crippen LogP contribution >= 0.6 is 0 Å². The molecule has 0 unspecified atom stereocenters. The van der Waals surface area contributed by atoms with Crippen LogP contribution in [0.2, 0.25) is 0 Å². The first-order chi connectivity index (χ1) is 5.74. The van der Waals surface area contributed by atoms with Crippen LogP contribution in [0.3, 0.4) is 0 Å². The van der Waals surface area contributed by atoms with Gasteiger partial charge in [-0.05, 0) is 12.2 Å². The first kappa shape index (κ1) is 10.0. The van der Waals surface area contributed by atoms with Crippen molar-refractivity contribution in [3.05, 3.63) is 36.1 Å². The maximum atomic E-state index is 8.34. The van der Waals surface area contributed by atoms with Gasteiger partial charge >= 0.3 is 0 Å². The lowest BCUT2D eigenvalue weighted by molar-refractivity contribution is 1.17. The van der Waals surface area contributed by atoms with E-state index in [4.69, 9.17) is 16.3 Å². The van der Waals surface area contributed by atoms with E-state index in [1.54, 1.807) is 18.2 Å². The highest BCUT2D eigenvalue weighted by Gasteiger charge is 1.88. The van der Waals surface area contributed by atoms with Gasteiger partial charge in [0.25, 0.3) is 0 Å². The summed E-state index contributed by atoms with van der Waals surface area (Å²) < 4.78 is 0. The SMILES string of the molecule is C=CCC(N)=CC=C(C#N)C#N. The summed E-state index contributed by atoms with van der Waals surface area (Å²) in [4.78, 5) is 0. The fourth-order valence-electron chi connectivity index (χ4n) is 0.525. The van der Waals surface area contributed by atoms with Gasteiger partial charge in [-0.3, -0.25) is 0 Å². The van der Waals surface area contributed by atoms with Gasteiger partial charge in [0.2, 0.25) is 0 Å². The van der Waals surface area contributed by atoms with E-state index in [9.17, 15) is 0 Å². The normalized spacial score (nSPS) is 9.33. The summed E-state index contributed by atoms with van der Waals surface area (Å²) in [6.45, 7) is 3.50. The lowest BCUT2D eigenvalue weighted by Gasteiger charge is -1.90. The van der Waals surface area contributed by atoms with Gasteiger partial charge in [-0.2, -0.15) is 10.5 Å². The Hall–Kier alpha value is -2.00. The van der Waals surface area contributed by atoms with Gasteiger partial charge in [0.05, 0.1) is 0 Å². The summed E-state index contributed by atoms with van der Waals surface area (Å²) in [5.41, 5.74) is 6.09. The van der Waals surface area contributed by atoms with Gasteiger partial charge in [-0.1, -0.05) is 6.08 Å². The molecule has 2 N–H and O–H groups in total. The molecule has 60 valence electrons. The molecule has 0 aliphatic carbocycles. The molecule has 0 saturated heterocycles. The van der Waals surface area contributed by atoms with Crippen LogP contribution in [0.5, 0.6) is 0 Å². The van der Waals surface area contributed by atoms with Crippen LogP contribution in [-0.4, -0.2) is 0 Å². The number of nitriles is 2. The van der Waals surface area contributed by atoms with Gasteiger partial charge in [-0.15, -0.1) is 6.58 Å². The molecule has 0 atom stereocenters. The van der Waals surface area contributed by atoms with Crippen LogP contribution in [0.15, 0.2) is 36.1 Å². The van der Waals surface area contributed by atoms with E-state index < -0.39 is 0 Å². The molecule has 3 nitrogen and oxygen atoms in total. The van der Waals surface area contributed by atoms with Crippen LogP contribution in [-0.2, 0) is 0 Å². The van der Waals surface area contributed by atoms with Crippen molar-refractivity contribution in [2.24, 2.45) is 5.73 Å². The molecule has 0 aromatic carbocycles. The molecular weight excluding hydrogens is 150 g/mol. The Morgan fingerprint density at radius 2 is 1.92 bits per heavy atom. The molecule has 0 fully saturated rings. The Morgan fingerprint density at radius 3 is 2.33 bits per heavy atom. The Labute approximate surface area is 71.7 Å². The minimum atomic E-state index is 0.0435. The molecule has 0 saturated carbocycles. The minimum absolute atomic E-state index is 0.0435. The second-order valence-corrected chi connectivity index (χ2v) is 2.04. The zero-order chi connectivity index (χ0) is 9.40. The van der Waals surface area contributed by atoms with Gasteiger partial charge in [0, 0.05) is 12.1 Å². The Balaban J connectivity index is 4.39. The molecule has 0 aliphatic rings. The quantitative estimate of drug-likeness (QED) is 0.384. The maximum absolute atomic E-state index is 8.34. The third-order valence-electron chi connectivity index (χ3n) is 1.09. The van der Waals surface area contributed by atoms with Crippen molar-refractivity contribution in [3.63, 3.8) is 0 Å². The van der Waals surface area contributed by atoms with Crippen molar-refractivity contribution in [2.75, 3.05) is 0 Å². The molecule has 0 amide bonds. The highest BCUT2D eigenvalue weighted by atomic mass is 14.6. The van der Waals surface area contributed by atoms with Gasteiger partial charge in [-0.25, -0.2) is 0 Å². The van der Waals surface area contributed by atoms with E-state index >= 15 is 0 Å². The monoisotopic (exact) mass is 159 g/mol. The van der Waals surface area contributed by atoms with Crippen LogP contribution in [0.1, 0.15) is 6.42 Å². The maximum Gasteiger partial charge on any atom is 0.129 e. The average Bonchev–Trinajstić information content (AvgIpc) is 2.07. The molecule has 0 heterocycles. The van der Waals surface area contributed by atoms with E-state index in [1.807, 2.05) is 0 Å². The number of nitrogens with zero attached hydrogens (tertiary/aromatic N) is 2. The lowest BCUT2D eigenvalue weighted by Crippen LogP contribution is -1.93. The second-order valence-electron chi connectivity index (χ2n) is 2.04. The predicted octanol–water partition coefficient (Wildman–Crippen LogP) is 1.38. The number of allylic oxidation sites excluding steroid dienone is 4. The lowest BCUT2D eigenvalue weighted by atomic mass is 10.2. The average molecular weight is 159 g/mol. The summed E-state index contributed by atoms with van der Waals surface area (Å²) in [6.07, 6.45) is 5.13. The molecule has 0 bridgehead atoms. The molecule has 0 rings (SSSR count). The fraction of sp³-hybridized carbons (Fsp3) is 0.111. The zero-order valence-corrected chi connectivity index (χ0v) is 6.62. The smallest absolute Gasteiger partial charge is 0.129 e.